The Bertz CT molecular complexity index is 2040. The van der Waals surface area contributed by atoms with E-state index in [1.54, 1.807) is 4.57 Å². The lowest BCUT2D eigenvalue weighted by molar-refractivity contribution is 0.517. The Labute approximate surface area is 254 Å². The van der Waals surface area contributed by atoms with E-state index < -0.39 is 6.04 Å². The highest BCUT2D eigenvalue weighted by molar-refractivity contribution is 5.80. The van der Waals surface area contributed by atoms with Crippen molar-refractivity contribution in [1.82, 2.24) is 39.3 Å². The van der Waals surface area contributed by atoms with Crippen LogP contribution in [-0.2, 0) is 19.5 Å². The number of aromatic nitrogens is 8. The van der Waals surface area contributed by atoms with Crippen LogP contribution in [-0.4, -0.2) is 39.3 Å². The minimum absolute atomic E-state index is 0.288. The molecular formula is C34H34N8O2. The first-order chi connectivity index (χ1) is 21.5. The van der Waals surface area contributed by atoms with Crippen molar-refractivity contribution in [2.24, 2.45) is 5.92 Å². The number of aromatic amines is 1. The van der Waals surface area contributed by atoms with Crippen molar-refractivity contribution in [2.75, 3.05) is 0 Å². The highest BCUT2D eigenvalue weighted by Gasteiger charge is 2.28. The van der Waals surface area contributed by atoms with Crippen LogP contribution in [0.15, 0.2) is 88.5 Å². The monoisotopic (exact) mass is 586 g/mol. The summed E-state index contributed by atoms with van der Waals surface area (Å²) in [6.07, 6.45) is 3.76. The molecule has 7 rings (SSSR count). The SMILES string of the molecule is CCCc1nc2c(c(=O)n(C(C)c3ccccc3)c(=O)n2CC2CC2)n1Cc1ccc(-c2ccccc2-c2nnn[nH]2)cc1. The van der Waals surface area contributed by atoms with Gasteiger partial charge in [0.2, 0.25) is 0 Å². The molecule has 0 amide bonds. The Hall–Kier alpha value is -5.12. The molecule has 1 aliphatic rings. The highest BCUT2D eigenvalue weighted by Crippen LogP contribution is 2.32. The minimum atomic E-state index is -0.414. The lowest BCUT2D eigenvalue weighted by atomic mass is 9.98. The molecule has 3 aromatic heterocycles. The Morgan fingerprint density at radius 2 is 1.64 bits per heavy atom. The molecule has 44 heavy (non-hydrogen) atoms. The first-order valence-electron chi connectivity index (χ1n) is 15.2. The van der Waals surface area contributed by atoms with E-state index in [-0.39, 0.29) is 11.2 Å². The molecule has 1 atom stereocenters. The molecule has 0 spiro atoms. The quantitative estimate of drug-likeness (QED) is 0.235. The van der Waals surface area contributed by atoms with Crippen LogP contribution in [0.2, 0.25) is 0 Å². The number of nitrogens with one attached hydrogen (secondary N) is 1. The van der Waals surface area contributed by atoms with Crippen molar-refractivity contribution in [2.45, 2.75) is 58.7 Å². The number of imidazole rings is 1. The maximum Gasteiger partial charge on any atom is 0.333 e. The number of tetrazole rings is 1. The predicted octanol–water partition coefficient (Wildman–Crippen LogP) is 5.23. The van der Waals surface area contributed by atoms with Gasteiger partial charge in [-0.15, -0.1) is 5.10 Å². The second-order valence-corrected chi connectivity index (χ2v) is 11.6. The molecule has 0 bridgehead atoms. The summed E-state index contributed by atoms with van der Waals surface area (Å²) in [5.74, 6) is 1.87. The number of benzene rings is 3. The molecule has 1 aliphatic carbocycles. The van der Waals surface area contributed by atoms with Crippen molar-refractivity contribution in [3.05, 3.63) is 117 Å². The smallest absolute Gasteiger partial charge is 0.318 e. The van der Waals surface area contributed by atoms with E-state index in [9.17, 15) is 9.59 Å². The number of aryl methyl sites for hydroxylation is 1. The number of hydrogen-bond donors (Lipinski definition) is 1. The van der Waals surface area contributed by atoms with Crippen LogP contribution in [0.4, 0.5) is 0 Å². The fourth-order valence-corrected chi connectivity index (χ4v) is 6.02. The second-order valence-electron chi connectivity index (χ2n) is 11.6. The van der Waals surface area contributed by atoms with Gasteiger partial charge in [-0.1, -0.05) is 85.8 Å². The second kappa shape index (κ2) is 11.5. The van der Waals surface area contributed by atoms with Gasteiger partial charge in [0.1, 0.15) is 5.82 Å². The van der Waals surface area contributed by atoms with E-state index in [1.165, 1.54) is 4.57 Å². The molecule has 0 aliphatic heterocycles. The fraction of sp³-hybridized carbons (Fsp3) is 0.294. The third-order valence-electron chi connectivity index (χ3n) is 8.56. The normalized spacial score (nSPS) is 13.9. The van der Waals surface area contributed by atoms with E-state index in [0.29, 0.717) is 42.4 Å². The van der Waals surface area contributed by atoms with Gasteiger partial charge >= 0.3 is 5.69 Å². The summed E-state index contributed by atoms with van der Waals surface area (Å²) >= 11 is 0. The van der Waals surface area contributed by atoms with Crippen LogP contribution < -0.4 is 11.2 Å². The van der Waals surface area contributed by atoms with Gasteiger partial charge in [0.05, 0.1) is 6.04 Å². The Kier molecular flexibility index (Phi) is 7.25. The van der Waals surface area contributed by atoms with Gasteiger partial charge in [-0.3, -0.25) is 13.9 Å². The summed E-state index contributed by atoms with van der Waals surface area (Å²) < 4.78 is 5.20. The third-order valence-corrected chi connectivity index (χ3v) is 8.56. The van der Waals surface area contributed by atoms with Crippen molar-refractivity contribution in [3.63, 3.8) is 0 Å². The molecule has 10 nitrogen and oxygen atoms in total. The van der Waals surface area contributed by atoms with Crippen molar-refractivity contribution >= 4 is 11.2 Å². The van der Waals surface area contributed by atoms with Crippen LogP contribution in [0, 0.1) is 5.92 Å². The molecule has 0 radical (unpaired) electrons. The van der Waals surface area contributed by atoms with Crippen LogP contribution in [0.25, 0.3) is 33.7 Å². The number of rotatable bonds is 10. The largest absolute Gasteiger partial charge is 0.333 e. The molecule has 6 aromatic rings. The van der Waals surface area contributed by atoms with Crippen LogP contribution in [0.1, 0.15) is 56.1 Å². The average molecular weight is 587 g/mol. The van der Waals surface area contributed by atoms with Gasteiger partial charge in [-0.25, -0.2) is 14.9 Å². The zero-order chi connectivity index (χ0) is 30.2. The van der Waals surface area contributed by atoms with Crippen molar-refractivity contribution < 1.29 is 0 Å². The fourth-order valence-electron chi connectivity index (χ4n) is 6.02. The summed E-state index contributed by atoms with van der Waals surface area (Å²) in [5.41, 5.74) is 5.31. The van der Waals surface area contributed by atoms with E-state index >= 15 is 0 Å². The van der Waals surface area contributed by atoms with Crippen LogP contribution >= 0.6 is 0 Å². The lowest BCUT2D eigenvalue weighted by Crippen LogP contribution is -2.42. The van der Waals surface area contributed by atoms with Gasteiger partial charge in [0.15, 0.2) is 17.0 Å². The molecule has 222 valence electrons. The lowest BCUT2D eigenvalue weighted by Gasteiger charge is -2.18. The van der Waals surface area contributed by atoms with Gasteiger partial charge in [-0.2, -0.15) is 0 Å². The topological polar surface area (TPSA) is 116 Å². The standard InChI is InChI=1S/C34H34N8O2/c1-3-9-29-35-32-30(33(43)42(22(2)25-10-5-4-6-11-25)34(44)41(32)21-23-14-15-23)40(29)20-24-16-18-26(19-17-24)27-12-7-8-13-28(27)31-36-38-39-37-31/h4-8,10-13,16-19,22-23H,3,9,14-15,20-21H2,1-2H3,(H,36,37,38,39). The van der Waals surface area contributed by atoms with E-state index in [0.717, 1.165) is 52.9 Å². The Morgan fingerprint density at radius 1 is 0.909 bits per heavy atom. The van der Waals surface area contributed by atoms with Gasteiger partial charge < -0.3 is 4.57 Å². The Morgan fingerprint density at radius 3 is 2.32 bits per heavy atom. The Balaban J connectivity index is 1.33. The number of H-pyrrole nitrogens is 1. The zero-order valence-electron chi connectivity index (χ0n) is 24.8. The maximum atomic E-state index is 14.3. The molecule has 1 unspecified atom stereocenters. The molecule has 0 saturated heterocycles. The molecule has 3 aromatic carbocycles. The van der Waals surface area contributed by atoms with Crippen molar-refractivity contribution in [3.8, 4) is 22.5 Å². The summed E-state index contributed by atoms with van der Waals surface area (Å²) in [6.45, 7) is 5.07. The molecule has 1 saturated carbocycles. The van der Waals surface area contributed by atoms with Crippen LogP contribution in [0.3, 0.4) is 0 Å². The number of fused-ring (bicyclic) bond motifs is 1. The molecule has 1 N–H and O–H groups in total. The number of nitrogens with zero attached hydrogens (tertiary/aromatic N) is 7. The van der Waals surface area contributed by atoms with Gasteiger partial charge in [-0.05, 0) is 64.8 Å². The molecule has 3 heterocycles. The predicted molar refractivity (Wildman–Crippen MR) is 169 cm³/mol. The summed E-state index contributed by atoms with van der Waals surface area (Å²) in [6, 6.07) is 25.6. The third kappa shape index (κ3) is 5.06. The summed E-state index contributed by atoms with van der Waals surface area (Å²) in [7, 11) is 0. The highest BCUT2D eigenvalue weighted by atomic mass is 16.2. The van der Waals surface area contributed by atoms with E-state index in [1.807, 2.05) is 66.1 Å². The van der Waals surface area contributed by atoms with Gasteiger partial charge in [0.25, 0.3) is 5.56 Å². The molecule has 1 fully saturated rings. The van der Waals surface area contributed by atoms with Crippen LogP contribution in [0.5, 0.6) is 0 Å². The number of hydrogen-bond acceptors (Lipinski definition) is 6. The molecule has 10 heteroatoms. The van der Waals surface area contributed by atoms with Gasteiger partial charge in [0, 0.05) is 25.1 Å². The minimum Gasteiger partial charge on any atom is -0.318 e. The first-order valence-corrected chi connectivity index (χ1v) is 15.2. The average Bonchev–Trinajstić information content (AvgIpc) is 3.57. The van der Waals surface area contributed by atoms with Crippen molar-refractivity contribution in [1.29, 1.82) is 0 Å². The van der Waals surface area contributed by atoms with E-state index in [2.05, 4.69) is 51.8 Å². The molecular weight excluding hydrogens is 552 g/mol. The zero-order valence-corrected chi connectivity index (χ0v) is 24.8. The summed E-state index contributed by atoms with van der Waals surface area (Å²) in [4.78, 5) is 33.2. The first kappa shape index (κ1) is 27.7. The summed E-state index contributed by atoms with van der Waals surface area (Å²) in [5, 5.41) is 14.4. The van der Waals surface area contributed by atoms with E-state index in [4.69, 9.17) is 4.98 Å². The maximum absolute atomic E-state index is 14.3.